The second-order valence-electron chi connectivity index (χ2n) is 2.50. The molecule has 0 saturated carbocycles. The molecule has 2 amide bonds. The molecule has 0 aliphatic carbocycles. The molecular formula is C5H7NO5S. The Morgan fingerprint density at radius 1 is 1.50 bits per heavy atom. The van der Waals surface area contributed by atoms with Crippen molar-refractivity contribution in [3.05, 3.63) is 0 Å². The fourth-order valence-corrected chi connectivity index (χ4v) is 1.72. The van der Waals surface area contributed by atoms with E-state index in [9.17, 15) is 18.0 Å². The zero-order valence-corrected chi connectivity index (χ0v) is 7.04. The number of hydrogen-bond donors (Lipinski definition) is 1. The Labute approximate surface area is 68.9 Å². The molecule has 1 rings (SSSR count). The molecule has 1 aliphatic rings. The van der Waals surface area contributed by atoms with Crippen LogP contribution in [0.15, 0.2) is 0 Å². The highest BCUT2D eigenvalue weighted by atomic mass is 32.2. The first-order chi connectivity index (χ1) is 5.34. The Morgan fingerprint density at radius 3 is 2.17 bits per heavy atom. The highest BCUT2D eigenvalue weighted by molar-refractivity contribution is 7.87. The summed E-state index contributed by atoms with van der Waals surface area (Å²) < 4.78 is 29.5. The van der Waals surface area contributed by atoms with Crippen molar-refractivity contribution < 1.29 is 22.6 Å². The molecule has 0 aromatic rings. The molecule has 0 spiro atoms. The predicted octanol–water partition coefficient (Wildman–Crippen LogP) is -1.37. The van der Waals surface area contributed by atoms with Crippen molar-refractivity contribution in [3.63, 3.8) is 0 Å². The van der Waals surface area contributed by atoms with Crippen molar-refractivity contribution in [2.45, 2.75) is 11.7 Å². The molecule has 1 unspecified atom stereocenters. The van der Waals surface area contributed by atoms with Crippen molar-refractivity contribution in [3.8, 4) is 0 Å². The van der Waals surface area contributed by atoms with Gasteiger partial charge in [0, 0.05) is 7.05 Å². The molecule has 0 aromatic carbocycles. The van der Waals surface area contributed by atoms with Crippen LogP contribution < -0.4 is 0 Å². The highest BCUT2D eigenvalue weighted by Gasteiger charge is 2.43. The van der Waals surface area contributed by atoms with E-state index >= 15 is 0 Å². The van der Waals surface area contributed by atoms with E-state index in [0.29, 0.717) is 4.90 Å². The zero-order chi connectivity index (χ0) is 9.52. The Bertz CT molecular complexity index is 332. The third kappa shape index (κ3) is 1.32. The molecule has 1 N–H and O–H groups in total. The minimum absolute atomic E-state index is 0.464. The van der Waals surface area contributed by atoms with E-state index in [2.05, 4.69) is 0 Å². The van der Waals surface area contributed by atoms with Crippen molar-refractivity contribution in [2.24, 2.45) is 0 Å². The number of amides is 2. The topological polar surface area (TPSA) is 91.8 Å². The van der Waals surface area contributed by atoms with E-state index in [-0.39, 0.29) is 0 Å². The van der Waals surface area contributed by atoms with Crippen LogP contribution in [0.2, 0.25) is 0 Å². The molecular weight excluding hydrogens is 186 g/mol. The summed E-state index contributed by atoms with van der Waals surface area (Å²) in [5, 5.41) is -1.60. The molecule has 1 atom stereocenters. The van der Waals surface area contributed by atoms with E-state index < -0.39 is 33.6 Å². The van der Waals surface area contributed by atoms with Crippen LogP contribution in [-0.2, 0) is 19.7 Å². The van der Waals surface area contributed by atoms with Gasteiger partial charge in [-0.1, -0.05) is 0 Å². The first-order valence-electron chi connectivity index (χ1n) is 3.10. The van der Waals surface area contributed by atoms with Crippen LogP contribution in [0.5, 0.6) is 0 Å². The third-order valence-electron chi connectivity index (χ3n) is 1.70. The molecule has 6 nitrogen and oxygen atoms in total. The summed E-state index contributed by atoms with van der Waals surface area (Å²) in [7, 11) is -3.25. The maximum absolute atomic E-state index is 10.9. The Balaban J connectivity index is 3.01. The maximum atomic E-state index is 10.9. The number of hydrogen-bond acceptors (Lipinski definition) is 4. The molecule has 1 saturated heterocycles. The first kappa shape index (κ1) is 9.14. The second-order valence-corrected chi connectivity index (χ2v) is 4.10. The summed E-state index contributed by atoms with van der Waals surface area (Å²) in [5.74, 6) is -1.47. The molecule has 12 heavy (non-hydrogen) atoms. The smallest absolute Gasteiger partial charge is 0.277 e. The number of carbonyl (C=O) groups excluding carboxylic acids is 2. The fourth-order valence-electron chi connectivity index (χ4n) is 0.954. The third-order valence-corrected chi connectivity index (χ3v) is 2.79. The lowest BCUT2D eigenvalue weighted by Gasteiger charge is -2.04. The highest BCUT2D eigenvalue weighted by Crippen LogP contribution is 2.16. The summed E-state index contributed by atoms with van der Waals surface area (Å²) in [5.41, 5.74) is 0. The molecule has 1 heterocycles. The summed E-state index contributed by atoms with van der Waals surface area (Å²) in [6, 6.07) is 0. The number of imide groups is 1. The predicted molar refractivity (Wildman–Crippen MR) is 37.7 cm³/mol. The van der Waals surface area contributed by atoms with Gasteiger partial charge >= 0.3 is 0 Å². The van der Waals surface area contributed by atoms with E-state index in [1.165, 1.54) is 7.05 Å². The monoisotopic (exact) mass is 193 g/mol. The molecule has 7 heteroatoms. The SMILES string of the molecule is CN1C(=O)CC(S(=O)(=O)O)C1=O. The minimum atomic E-state index is -4.43. The van der Waals surface area contributed by atoms with Crippen molar-refractivity contribution in [2.75, 3.05) is 7.05 Å². The molecule has 1 fully saturated rings. The molecule has 68 valence electrons. The first-order valence-corrected chi connectivity index (χ1v) is 4.61. The van der Waals surface area contributed by atoms with Crippen LogP contribution in [0.4, 0.5) is 0 Å². The van der Waals surface area contributed by atoms with Gasteiger partial charge in [-0.2, -0.15) is 8.42 Å². The summed E-state index contributed by atoms with van der Waals surface area (Å²) in [6.45, 7) is 0. The maximum Gasteiger partial charge on any atom is 0.277 e. The van der Waals surface area contributed by atoms with Gasteiger partial charge in [-0.3, -0.25) is 19.0 Å². The van der Waals surface area contributed by atoms with Crippen molar-refractivity contribution in [1.29, 1.82) is 0 Å². The zero-order valence-electron chi connectivity index (χ0n) is 6.22. The minimum Gasteiger partial charge on any atom is -0.285 e. The van der Waals surface area contributed by atoms with Crippen LogP contribution in [-0.4, -0.2) is 42.0 Å². The van der Waals surface area contributed by atoms with Gasteiger partial charge in [0.2, 0.25) is 11.8 Å². The number of likely N-dealkylation sites (tertiary alicyclic amines) is 1. The van der Waals surface area contributed by atoms with Crippen molar-refractivity contribution >= 4 is 21.9 Å². The van der Waals surface area contributed by atoms with Gasteiger partial charge in [-0.15, -0.1) is 0 Å². The number of rotatable bonds is 1. The average Bonchev–Trinajstić information content (AvgIpc) is 2.15. The van der Waals surface area contributed by atoms with Gasteiger partial charge in [0.1, 0.15) is 0 Å². The van der Waals surface area contributed by atoms with Crippen molar-refractivity contribution in [1.82, 2.24) is 4.90 Å². The van der Waals surface area contributed by atoms with Gasteiger partial charge < -0.3 is 0 Å². The average molecular weight is 193 g/mol. The second kappa shape index (κ2) is 2.53. The van der Waals surface area contributed by atoms with Gasteiger partial charge in [0.25, 0.3) is 10.1 Å². The van der Waals surface area contributed by atoms with Gasteiger partial charge in [-0.05, 0) is 0 Å². The Morgan fingerprint density at radius 2 is 2.00 bits per heavy atom. The normalized spacial score (nSPS) is 25.2. The summed E-state index contributed by atoms with van der Waals surface area (Å²) in [6.07, 6.45) is -0.464. The number of nitrogens with zero attached hydrogens (tertiary/aromatic N) is 1. The van der Waals surface area contributed by atoms with Gasteiger partial charge in [-0.25, -0.2) is 0 Å². The van der Waals surface area contributed by atoms with Gasteiger partial charge in [0.05, 0.1) is 6.42 Å². The van der Waals surface area contributed by atoms with Crippen LogP contribution in [0, 0.1) is 0 Å². The Hall–Kier alpha value is -0.950. The summed E-state index contributed by atoms with van der Waals surface area (Å²) >= 11 is 0. The molecule has 1 aliphatic heterocycles. The van der Waals surface area contributed by atoms with Crippen LogP contribution >= 0.6 is 0 Å². The quantitative estimate of drug-likeness (QED) is 0.410. The molecule has 0 bridgehead atoms. The lowest BCUT2D eigenvalue weighted by Crippen LogP contribution is -2.31. The summed E-state index contributed by atoms with van der Waals surface area (Å²) in [4.78, 5) is 22.4. The van der Waals surface area contributed by atoms with E-state index in [1.54, 1.807) is 0 Å². The standard InChI is InChI=1S/C5H7NO5S/c1-6-4(7)2-3(5(6)8)12(9,10)11/h3H,2H2,1H3,(H,9,10,11). The Kier molecular flexibility index (Phi) is 1.92. The lowest BCUT2D eigenvalue weighted by molar-refractivity contribution is -0.136. The van der Waals surface area contributed by atoms with Gasteiger partial charge in [0.15, 0.2) is 5.25 Å². The van der Waals surface area contributed by atoms with Crippen LogP contribution in [0.25, 0.3) is 0 Å². The largest absolute Gasteiger partial charge is 0.285 e. The van der Waals surface area contributed by atoms with Crippen LogP contribution in [0.3, 0.4) is 0 Å². The van der Waals surface area contributed by atoms with E-state index in [0.717, 1.165) is 0 Å². The van der Waals surface area contributed by atoms with Crippen LogP contribution in [0.1, 0.15) is 6.42 Å². The fraction of sp³-hybridized carbons (Fsp3) is 0.600. The lowest BCUT2D eigenvalue weighted by atomic mass is 10.4. The van der Waals surface area contributed by atoms with E-state index in [1.807, 2.05) is 0 Å². The molecule has 0 aromatic heterocycles. The number of carbonyl (C=O) groups is 2. The molecule has 0 radical (unpaired) electrons. The van der Waals surface area contributed by atoms with E-state index in [4.69, 9.17) is 4.55 Å².